The number of carbonyl (C=O) groups is 1. The number of nitrogens with zero attached hydrogens (tertiary/aromatic N) is 3. The summed E-state index contributed by atoms with van der Waals surface area (Å²) in [5, 5.41) is 0. The molecule has 2 saturated heterocycles. The first kappa shape index (κ1) is 18.5. The van der Waals surface area contributed by atoms with Gasteiger partial charge in [-0.25, -0.2) is 4.98 Å². The van der Waals surface area contributed by atoms with Crippen molar-refractivity contribution in [1.29, 1.82) is 0 Å². The lowest BCUT2D eigenvalue weighted by atomic mass is 9.95. The summed E-state index contributed by atoms with van der Waals surface area (Å²) in [5.74, 6) is 1.54. The van der Waals surface area contributed by atoms with Crippen molar-refractivity contribution in [2.75, 3.05) is 19.6 Å². The van der Waals surface area contributed by atoms with Crippen molar-refractivity contribution in [1.82, 2.24) is 14.8 Å². The van der Waals surface area contributed by atoms with Crippen LogP contribution >= 0.6 is 0 Å². The van der Waals surface area contributed by atoms with E-state index in [0.717, 1.165) is 68.7 Å². The SMILES string of the molecule is CCC1CCCCN1C(=O)C(C)N1CCC(c2nc3ccccc3o2)CC1. The summed E-state index contributed by atoms with van der Waals surface area (Å²) in [7, 11) is 0. The van der Waals surface area contributed by atoms with Gasteiger partial charge in [0.2, 0.25) is 5.91 Å². The third-order valence-electron chi connectivity index (χ3n) is 6.48. The first-order valence-electron chi connectivity index (χ1n) is 10.6. The van der Waals surface area contributed by atoms with Gasteiger partial charge in [0.15, 0.2) is 11.5 Å². The molecule has 2 aliphatic rings. The van der Waals surface area contributed by atoms with Crippen LogP contribution in [-0.2, 0) is 4.79 Å². The fourth-order valence-corrected chi connectivity index (χ4v) is 4.71. The van der Waals surface area contributed by atoms with Gasteiger partial charge in [-0.05, 0) is 70.7 Å². The molecule has 0 spiro atoms. The molecule has 2 unspecified atom stereocenters. The zero-order valence-corrected chi connectivity index (χ0v) is 16.6. The molecular weight excluding hydrogens is 338 g/mol. The summed E-state index contributed by atoms with van der Waals surface area (Å²) >= 11 is 0. The average molecular weight is 370 g/mol. The lowest BCUT2D eigenvalue weighted by molar-refractivity contribution is -0.140. The molecule has 2 fully saturated rings. The first-order valence-corrected chi connectivity index (χ1v) is 10.6. The van der Waals surface area contributed by atoms with Crippen LogP contribution in [0.4, 0.5) is 0 Å². The van der Waals surface area contributed by atoms with E-state index in [1.807, 2.05) is 24.3 Å². The first-order chi connectivity index (χ1) is 13.2. The van der Waals surface area contributed by atoms with Gasteiger partial charge in [0.1, 0.15) is 5.52 Å². The molecule has 1 amide bonds. The predicted octanol–water partition coefficient (Wildman–Crippen LogP) is 4.19. The molecule has 5 heteroatoms. The van der Waals surface area contributed by atoms with Crippen LogP contribution < -0.4 is 0 Å². The van der Waals surface area contributed by atoms with E-state index in [0.29, 0.717) is 17.9 Å². The number of hydrogen-bond acceptors (Lipinski definition) is 4. The second-order valence-corrected chi connectivity index (χ2v) is 8.10. The highest BCUT2D eigenvalue weighted by Crippen LogP contribution is 2.31. The van der Waals surface area contributed by atoms with Crippen LogP contribution in [0, 0.1) is 0 Å². The minimum Gasteiger partial charge on any atom is -0.440 e. The molecular formula is C22H31N3O2. The Hall–Kier alpha value is -1.88. The van der Waals surface area contributed by atoms with Crippen molar-refractivity contribution < 1.29 is 9.21 Å². The fraction of sp³-hybridized carbons (Fsp3) is 0.636. The number of carbonyl (C=O) groups excluding carboxylic acids is 1. The molecule has 1 aromatic heterocycles. The molecule has 4 rings (SSSR count). The molecule has 5 nitrogen and oxygen atoms in total. The molecule has 146 valence electrons. The van der Waals surface area contributed by atoms with Gasteiger partial charge in [-0.1, -0.05) is 19.1 Å². The third kappa shape index (κ3) is 3.75. The van der Waals surface area contributed by atoms with Gasteiger partial charge in [0.25, 0.3) is 0 Å². The van der Waals surface area contributed by atoms with Crippen molar-refractivity contribution in [2.24, 2.45) is 0 Å². The van der Waals surface area contributed by atoms with E-state index < -0.39 is 0 Å². The Kier molecular flexibility index (Phi) is 5.48. The summed E-state index contributed by atoms with van der Waals surface area (Å²) in [5.41, 5.74) is 1.81. The Morgan fingerprint density at radius 1 is 1.19 bits per heavy atom. The number of hydrogen-bond donors (Lipinski definition) is 0. The Balaban J connectivity index is 1.37. The molecule has 3 heterocycles. The van der Waals surface area contributed by atoms with Crippen molar-refractivity contribution in [2.45, 2.75) is 70.4 Å². The van der Waals surface area contributed by atoms with Gasteiger partial charge in [0, 0.05) is 18.5 Å². The largest absolute Gasteiger partial charge is 0.440 e. The molecule has 0 saturated carbocycles. The minimum absolute atomic E-state index is 0.0262. The normalized spacial score (nSPS) is 23.6. The molecule has 0 radical (unpaired) electrons. The van der Waals surface area contributed by atoms with Crippen LogP contribution in [0.2, 0.25) is 0 Å². The van der Waals surface area contributed by atoms with Gasteiger partial charge in [0.05, 0.1) is 6.04 Å². The van der Waals surface area contributed by atoms with E-state index >= 15 is 0 Å². The zero-order chi connectivity index (χ0) is 18.8. The van der Waals surface area contributed by atoms with Crippen molar-refractivity contribution in [3.8, 4) is 0 Å². The van der Waals surface area contributed by atoms with Gasteiger partial charge in [-0.3, -0.25) is 9.69 Å². The van der Waals surface area contributed by atoms with Gasteiger partial charge in [-0.15, -0.1) is 0 Å². The maximum absolute atomic E-state index is 13.1. The maximum atomic E-state index is 13.1. The highest BCUT2D eigenvalue weighted by molar-refractivity contribution is 5.82. The number of piperidine rings is 2. The number of para-hydroxylation sites is 2. The Morgan fingerprint density at radius 3 is 2.70 bits per heavy atom. The highest BCUT2D eigenvalue weighted by Gasteiger charge is 2.34. The van der Waals surface area contributed by atoms with Crippen LogP contribution in [0.1, 0.15) is 64.2 Å². The fourth-order valence-electron chi connectivity index (χ4n) is 4.71. The van der Waals surface area contributed by atoms with E-state index in [9.17, 15) is 4.79 Å². The van der Waals surface area contributed by atoms with Crippen LogP contribution in [0.3, 0.4) is 0 Å². The zero-order valence-electron chi connectivity index (χ0n) is 16.6. The standard InChI is InChI=1S/C22H31N3O2/c1-3-18-8-6-7-13-25(18)22(26)16(2)24-14-11-17(12-15-24)21-23-19-9-4-5-10-20(19)27-21/h4-5,9-10,16-18H,3,6-8,11-15H2,1-2H3. The summed E-state index contributed by atoms with van der Waals surface area (Å²) < 4.78 is 5.97. The summed E-state index contributed by atoms with van der Waals surface area (Å²) in [4.78, 5) is 22.3. The molecule has 2 aromatic rings. The Morgan fingerprint density at radius 2 is 1.96 bits per heavy atom. The average Bonchev–Trinajstić information content (AvgIpc) is 3.17. The second kappa shape index (κ2) is 8.01. The number of rotatable bonds is 4. The van der Waals surface area contributed by atoms with Crippen LogP contribution in [-0.4, -0.2) is 52.4 Å². The number of likely N-dealkylation sites (tertiary alicyclic amines) is 2. The van der Waals surface area contributed by atoms with Crippen molar-refractivity contribution >= 4 is 17.0 Å². The van der Waals surface area contributed by atoms with Crippen LogP contribution in [0.25, 0.3) is 11.1 Å². The van der Waals surface area contributed by atoms with Crippen molar-refractivity contribution in [3.63, 3.8) is 0 Å². The van der Waals surface area contributed by atoms with Crippen LogP contribution in [0.5, 0.6) is 0 Å². The highest BCUT2D eigenvalue weighted by atomic mass is 16.3. The molecule has 0 bridgehead atoms. The molecule has 27 heavy (non-hydrogen) atoms. The molecule has 2 atom stereocenters. The van der Waals surface area contributed by atoms with E-state index in [-0.39, 0.29) is 6.04 Å². The number of benzene rings is 1. The molecule has 1 aromatic carbocycles. The van der Waals surface area contributed by atoms with Gasteiger partial charge < -0.3 is 9.32 Å². The van der Waals surface area contributed by atoms with Crippen LogP contribution in [0.15, 0.2) is 28.7 Å². The van der Waals surface area contributed by atoms with Gasteiger partial charge >= 0.3 is 0 Å². The smallest absolute Gasteiger partial charge is 0.239 e. The van der Waals surface area contributed by atoms with Gasteiger partial charge in [-0.2, -0.15) is 0 Å². The third-order valence-corrected chi connectivity index (χ3v) is 6.48. The minimum atomic E-state index is -0.0262. The Labute approximate surface area is 161 Å². The Bertz CT molecular complexity index is 746. The van der Waals surface area contributed by atoms with E-state index in [1.165, 1.54) is 6.42 Å². The van der Waals surface area contributed by atoms with Crippen molar-refractivity contribution in [3.05, 3.63) is 30.2 Å². The number of oxazole rings is 1. The predicted molar refractivity (Wildman–Crippen MR) is 107 cm³/mol. The summed E-state index contributed by atoms with van der Waals surface area (Å²) in [6.07, 6.45) is 6.64. The maximum Gasteiger partial charge on any atom is 0.239 e. The summed E-state index contributed by atoms with van der Waals surface area (Å²) in [6, 6.07) is 8.37. The lowest BCUT2D eigenvalue weighted by Crippen LogP contribution is -2.53. The lowest BCUT2D eigenvalue weighted by Gasteiger charge is -2.41. The number of amides is 1. The van der Waals surface area contributed by atoms with E-state index in [4.69, 9.17) is 4.42 Å². The number of fused-ring (bicyclic) bond motifs is 1. The molecule has 2 aliphatic heterocycles. The summed E-state index contributed by atoms with van der Waals surface area (Å²) in [6.45, 7) is 7.08. The topological polar surface area (TPSA) is 49.6 Å². The number of aromatic nitrogens is 1. The van der Waals surface area contributed by atoms with E-state index in [1.54, 1.807) is 0 Å². The quantitative estimate of drug-likeness (QED) is 0.811. The van der Waals surface area contributed by atoms with E-state index in [2.05, 4.69) is 28.6 Å². The molecule has 0 aliphatic carbocycles. The second-order valence-electron chi connectivity index (χ2n) is 8.10. The molecule has 0 N–H and O–H groups in total. The monoisotopic (exact) mass is 369 g/mol.